The van der Waals surface area contributed by atoms with Gasteiger partial charge in [0.25, 0.3) is 0 Å². The van der Waals surface area contributed by atoms with Gasteiger partial charge in [-0.2, -0.15) is 0 Å². The maximum absolute atomic E-state index is 11.2. The summed E-state index contributed by atoms with van der Waals surface area (Å²) in [4.78, 5) is 21.4. The molecule has 0 heterocycles. The zero-order valence-electron chi connectivity index (χ0n) is 9.60. The Morgan fingerprint density at radius 1 is 1.29 bits per heavy atom. The maximum Gasteiger partial charge on any atom is 0.322 e. The molecule has 92 valence electrons. The van der Waals surface area contributed by atoms with Crippen molar-refractivity contribution in [3.05, 3.63) is 35.4 Å². The topological polar surface area (TPSA) is 66.4 Å². The van der Waals surface area contributed by atoms with Crippen molar-refractivity contribution in [2.45, 2.75) is 12.7 Å². The molecule has 1 aromatic rings. The van der Waals surface area contributed by atoms with Crippen LogP contribution in [0.2, 0.25) is 0 Å². The molecule has 0 saturated carbocycles. The number of rotatable bonds is 6. The number of hydrogen-bond acceptors (Lipinski definition) is 3. The lowest BCUT2D eigenvalue weighted by Crippen LogP contribution is -2.30. The van der Waals surface area contributed by atoms with E-state index in [9.17, 15) is 9.59 Å². The van der Waals surface area contributed by atoms with Gasteiger partial charge in [-0.15, -0.1) is 11.8 Å². The van der Waals surface area contributed by atoms with Gasteiger partial charge in [0.05, 0.1) is 5.75 Å². The first-order valence-electron chi connectivity index (χ1n) is 5.19. The maximum atomic E-state index is 11.2. The molecule has 0 aromatic heterocycles. The highest BCUT2D eigenvalue weighted by molar-refractivity contribution is 7.99. The van der Waals surface area contributed by atoms with Crippen LogP contribution in [-0.4, -0.2) is 29.3 Å². The SMILES string of the molecule is Cc1ccc(CSCC(=O)NCC(=O)O)cc1. The largest absolute Gasteiger partial charge is 0.480 e. The Hall–Kier alpha value is -1.49. The molecule has 1 aromatic carbocycles. The molecule has 2 N–H and O–H groups in total. The van der Waals surface area contributed by atoms with Gasteiger partial charge in [-0.05, 0) is 12.5 Å². The molecule has 0 aliphatic heterocycles. The van der Waals surface area contributed by atoms with Gasteiger partial charge in [0, 0.05) is 5.75 Å². The number of nitrogens with one attached hydrogen (secondary N) is 1. The summed E-state index contributed by atoms with van der Waals surface area (Å²) < 4.78 is 0. The fourth-order valence-electron chi connectivity index (χ4n) is 1.17. The number of aryl methyl sites for hydroxylation is 1. The molecule has 5 heteroatoms. The first kappa shape index (κ1) is 13.6. The van der Waals surface area contributed by atoms with Crippen molar-refractivity contribution >= 4 is 23.6 Å². The predicted molar refractivity (Wildman–Crippen MR) is 68.0 cm³/mol. The minimum absolute atomic E-state index is 0.246. The van der Waals surface area contributed by atoms with Gasteiger partial charge < -0.3 is 10.4 Å². The van der Waals surface area contributed by atoms with Crippen LogP contribution in [0.15, 0.2) is 24.3 Å². The molecule has 1 amide bonds. The average molecular weight is 253 g/mol. The van der Waals surface area contributed by atoms with Crippen LogP contribution in [0.25, 0.3) is 0 Å². The quantitative estimate of drug-likeness (QED) is 0.805. The molecule has 0 aliphatic rings. The highest BCUT2D eigenvalue weighted by Gasteiger charge is 2.03. The number of carbonyl (C=O) groups excluding carboxylic acids is 1. The molecule has 17 heavy (non-hydrogen) atoms. The van der Waals surface area contributed by atoms with Gasteiger partial charge in [-0.3, -0.25) is 9.59 Å². The zero-order chi connectivity index (χ0) is 12.7. The Bertz CT molecular complexity index is 389. The van der Waals surface area contributed by atoms with Gasteiger partial charge in [0.2, 0.25) is 5.91 Å². The molecule has 0 atom stereocenters. The van der Waals surface area contributed by atoms with E-state index in [4.69, 9.17) is 5.11 Å². The number of carboxylic acids is 1. The van der Waals surface area contributed by atoms with E-state index in [0.717, 1.165) is 11.3 Å². The van der Waals surface area contributed by atoms with E-state index in [1.54, 1.807) is 0 Å². The monoisotopic (exact) mass is 253 g/mol. The molecule has 0 bridgehead atoms. The Morgan fingerprint density at radius 2 is 1.94 bits per heavy atom. The second-order valence-corrected chi connectivity index (χ2v) is 4.63. The van der Waals surface area contributed by atoms with E-state index >= 15 is 0 Å². The van der Waals surface area contributed by atoms with Crippen LogP contribution in [0, 0.1) is 6.92 Å². The number of aliphatic carboxylic acids is 1. The molecular weight excluding hydrogens is 238 g/mol. The summed E-state index contributed by atoms with van der Waals surface area (Å²) in [7, 11) is 0. The standard InChI is InChI=1S/C12H15NO3S/c1-9-2-4-10(5-3-9)7-17-8-11(14)13-6-12(15)16/h2-5H,6-8H2,1H3,(H,13,14)(H,15,16). The van der Waals surface area contributed by atoms with E-state index in [1.165, 1.54) is 17.3 Å². The molecule has 0 unspecified atom stereocenters. The fraction of sp³-hybridized carbons (Fsp3) is 0.333. The molecule has 0 aliphatic carbocycles. The third kappa shape index (κ3) is 5.97. The summed E-state index contributed by atoms with van der Waals surface area (Å²) in [5, 5.41) is 10.7. The summed E-state index contributed by atoms with van der Waals surface area (Å²) in [6, 6.07) is 8.11. The van der Waals surface area contributed by atoms with Crippen LogP contribution in [0.3, 0.4) is 0 Å². The minimum atomic E-state index is -1.03. The normalized spacial score (nSPS) is 9.94. The molecule has 0 saturated heterocycles. The fourth-order valence-corrected chi connectivity index (χ4v) is 1.99. The Kier molecular flexibility index (Phi) is 5.56. The van der Waals surface area contributed by atoms with Gasteiger partial charge in [0.1, 0.15) is 6.54 Å². The van der Waals surface area contributed by atoms with Crippen molar-refractivity contribution in [2.24, 2.45) is 0 Å². The van der Waals surface area contributed by atoms with E-state index in [1.807, 2.05) is 31.2 Å². The Morgan fingerprint density at radius 3 is 2.53 bits per heavy atom. The third-order valence-corrected chi connectivity index (χ3v) is 3.06. The lowest BCUT2D eigenvalue weighted by Gasteiger charge is -2.03. The first-order chi connectivity index (χ1) is 8.08. The predicted octanol–water partition coefficient (Wildman–Crippen LogP) is 1.43. The molecule has 4 nitrogen and oxygen atoms in total. The van der Waals surface area contributed by atoms with Gasteiger partial charge in [-0.1, -0.05) is 29.8 Å². The van der Waals surface area contributed by atoms with Crippen molar-refractivity contribution in [3.8, 4) is 0 Å². The minimum Gasteiger partial charge on any atom is -0.480 e. The van der Waals surface area contributed by atoms with E-state index in [0.29, 0.717) is 0 Å². The number of hydrogen-bond donors (Lipinski definition) is 2. The van der Waals surface area contributed by atoms with Crippen molar-refractivity contribution in [1.29, 1.82) is 0 Å². The average Bonchev–Trinajstić information content (AvgIpc) is 2.29. The summed E-state index contributed by atoms with van der Waals surface area (Å²) >= 11 is 1.47. The van der Waals surface area contributed by atoms with Crippen molar-refractivity contribution in [3.63, 3.8) is 0 Å². The van der Waals surface area contributed by atoms with Crippen LogP contribution < -0.4 is 5.32 Å². The highest BCUT2D eigenvalue weighted by atomic mass is 32.2. The number of benzene rings is 1. The van der Waals surface area contributed by atoms with Crippen molar-refractivity contribution in [1.82, 2.24) is 5.32 Å². The number of carboxylic acid groups (broad SMARTS) is 1. The summed E-state index contributed by atoms with van der Waals surface area (Å²) in [5.74, 6) is -0.242. The number of thioether (sulfide) groups is 1. The van der Waals surface area contributed by atoms with Gasteiger partial charge in [0.15, 0.2) is 0 Å². The molecule has 0 radical (unpaired) electrons. The molecule has 1 rings (SSSR count). The van der Waals surface area contributed by atoms with E-state index in [2.05, 4.69) is 5.32 Å². The van der Waals surface area contributed by atoms with Crippen molar-refractivity contribution < 1.29 is 14.7 Å². The number of carbonyl (C=O) groups is 2. The van der Waals surface area contributed by atoms with Crippen molar-refractivity contribution in [2.75, 3.05) is 12.3 Å². The van der Waals surface area contributed by atoms with Gasteiger partial charge >= 0.3 is 5.97 Å². The Balaban J connectivity index is 2.21. The molecule has 0 spiro atoms. The third-order valence-electron chi connectivity index (χ3n) is 2.06. The summed E-state index contributed by atoms with van der Waals surface area (Å²) in [6.07, 6.45) is 0. The molecule has 0 fully saturated rings. The van der Waals surface area contributed by atoms with Crippen LogP contribution in [-0.2, 0) is 15.3 Å². The highest BCUT2D eigenvalue weighted by Crippen LogP contribution is 2.12. The van der Waals surface area contributed by atoms with E-state index < -0.39 is 5.97 Å². The first-order valence-corrected chi connectivity index (χ1v) is 6.35. The van der Waals surface area contributed by atoms with Crippen LogP contribution in [0.5, 0.6) is 0 Å². The zero-order valence-corrected chi connectivity index (χ0v) is 10.4. The van der Waals surface area contributed by atoms with Crippen LogP contribution >= 0.6 is 11.8 Å². The molecular formula is C12H15NO3S. The number of amides is 1. The van der Waals surface area contributed by atoms with Crippen LogP contribution in [0.1, 0.15) is 11.1 Å². The second-order valence-electron chi connectivity index (χ2n) is 3.65. The smallest absolute Gasteiger partial charge is 0.322 e. The lowest BCUT2D eigenvalue weighted by atomic mass is 10.2. The summed E-state index contributed by atoms with van der Waals surface area (Å²) in [6.45, 7) is 1.71. The Labute approximate surface area is 104 Å². The van der Waals surface area contributed by atoms with E-state index in [-0.39, 0.29) is 18.2 Å². The van der Waals surface area contributed by atoms with Crippen LogP contribution in [0.4, 0.5) is 0 Å². The van der Waals surface area contributed by atoms with Gasteiger partial charge in [-0.25, -0.2) is 0 Å². The second kappa shape index (κ2) is 6.96. The summed E-state index contributed by atoms with van der Waals surface area (Å²) in [5.41, 5.74) is 2.37. The lowest BCUT2D eigenvalue weighted by molar-refractivity contribution is -0.137.